The number of hydrogen-bond acceptors (Lipinski definition) is 2. The van der Waals surface area contributed by atoms with Crippen LogP contribution in [-0.2, 0) is 0 Å². The van der Waals surface area contributed by atoms with Crippen molar-refractivity contribution < 1.29 is 4.79 Å². The fourth-order valence-corrected chi connectivity index (χ4v) is 2.53. The number of nitrogens with one attached hydrogen (secondary N) is 1. The molecule has 0 bridgehead atoms. The van der Waals surface area contributed by atoms with E-state index < -0.39 is 0 Å². The lowest BCUT2D eigenvalue weighted by molar-refractivity contribution is 0.102. The Morgan fingerprint density at radius 2 is 1.74 bits per heavy atom. The first kappa shape index (κ1) is 14.2. The molecule has 0 fully saturated rings. The number of carbonyl (C=O) groups excluding carboxylic acids is 1. The third-order valence-corrected chi connectivity index (χ3v) is 3.57. The molecule has 0 aliphatic heterocycles. The molecule has 0 aliphatic rings. The van der Waals surface area contributed by atoms with Gasteiger partial charge in [0.05, 0.1) is 16.9 Å². The fraction of sp³-hybridized carbons (Fsp3) is 0. The standard InChI is InChI=1S/C13H9BrCl2N2O/c14-10-5-7(15)1-3-9(10)13(19)18-12-6-8(16)2-4-11(12)17/h1-6H,17H2,(H,18,19). The summed E-state index contributed by atoms with van der Waals surface area (Å²) in [6, 6.07) is 9.81. The van der Waals surface area contributed by atoms with Crippen molar-refractivity contribution in [2.75, 3.05) is 11.1 Å². The van der Waals surface area contributed by atoms with Crippen molar-refractivity contribution in [1.29, 1.82) is 0 Å². The van der Waals surface area contributed by atoms with Crippen molar-refractivity contribution in [3.63, 3.8) is 0 Å². The maximum Gasteiger partial charge on any atom is 0.256 e. The molecule has 3 nitrogen and oxygen atoms in total. The highest BCUT2D eigenvalue weighted by Crippen LogP contribution is 2.26. The van der Waals surface area contributed by atoms with Gasteiger partial charge in [0.15, 0.2) is 0 Å². The van der Waals surface area contributed by atoms with Crippen LogP contribution in [0.4, 0.5) is 11.4 Å². The largest absolute Gasteiger partial charge is 0.397 e. The predicted octanol–water partition coefficient (Wildman–Crippen LogP) is 4.59. The Morgan fingerprint density at radius 3 is 2.42 bits per heavy atom. The van der Waals surface area contributed by atoms with E-state index in [1.54, 1.807) is 36.4 Å². The fourth-order valence-electron chi connectivity index (χ4n) is 1.50. The van der Waals surface area contributed by atoms with Gasteiger partial charge >= 0.3 is 0 Å². The number of rotatable bonds is 2. The van der Waals surface area contributed by atoms with Crippen LogP contribution < -0.4 is 11.1 Å². The molecule has 2 aromatic carbocycles. The number of halogens is 3. The Morgan fingerprint density at radius 1 is 1.11 bits per heavy atom. The molecule has 0 heterocycles. The smallest absolute Gasteiger partial charge is 0.256 e. The van der Waals surface area contributed by atoms with E-state index in [-0.39, 0.29) is 5.91 Å². The topological polar surface area (TPSA) is 55.1 Å². The lowest BCUT2D eigenvalue weighted by atomic mass is 10.2. The highest BCUT2D eigenvalue weighted by molar-refractivity contribution is 9.10. The quantitative estimate of drug-likeness (QED) is 0.770. The number of carbonyl (C=O) groups is 1. The zero-order valence-electron chi connectivity index (χ0n) is 9.58. The maximum atomic E-state index is 12.1. The first-order valence-electron chi connectivity index (χ1n) is 5.29. The Bertz CT molecular complexity index is 647. The molecule has 0 saturated heterocycles. The van der Waals surface area contributed by atoms with Gasteiger partial charge in [-0.05, 0) is 52.3 Å². The van der Waals surface area contributed by atoms with Crippen LogP contribution in [0.25, 0.3) is 0 Å². The van der Waals surface area contributed by atoms with E-state index in [2.05, 4.69) is 21.2 Å². The number of anilines is 2. The van der Waals surface area contributed by atoms with Crippen molar-refractivity contribution >= 4 is 56.4 Å². The van der Waals surface area contributed by atoms with Gasteiger partial charge in [-0.15, -0.1) is 0 Å². The van der Waals surface area contributed by atoms with Gasteiger partial charge in [-0.2, -0.15) is 0 Å². The summed E-state index contributed by atoms with van der Waals surface area (Å²) in [6.07, 6.45) is 0. The molecule has 0 aliphatic carbocycles. The van der Waals surface area contributed by atoms with Crippen LogP contribution >= 0.6 is 39.1 Å². The number of benzene rings is 2. The molecule has 0 atom stereocenters. The third kappa shape index (κ3) is 3.41. The third-order valence-electron chi connectivity index (χ3n) is 2.44. The summed E-state index contributed by atoms with van der Waals surface area (Å²) in [4.78, 5) is 12.1. The van der Waals surface area contributed by atoms with Crippen molar-refractivity contribution in [2.45, 2.75) is 0 Å². The monoisotopic (exact) mass is 358 g/mol. The zero-order valence-corrected chi connectivity index (χ0v) is 12.7. The highest BCUT2D eigenvalue weighted by atomic mass is 79.9. The molecule has 3 N–H and O–H groups in total. The van der Waals surface area contributed by atoms with E-state index >= 15 is 0 Å². The molecule has 2 aromatic rings. The average Bonchev–Trinajstić information content (AvgIpc) is 2.33. The van der Waals surface area contributed by atoms with Gasteiger partial charge in [0.2, 0.25) is 0 Å². The predicted molar refractivity (Wildman–Crippen MR) is 83.0 cm³/mol. The lowest BCUT2D eigenvalue weighted by Crippen LogP contribution is -2.13. The van der Waals surface area contributed by atoms with Crippen LogP contribution in [-0.4, -0.2) is 5.91 Å². The Hall–Kier alpha value is -1.23. The van der Waals surface area contributed by atoms with Gasteiger partial charge in [-0.1, -0.05) is 23.2 Å². The van der Waals surface area contributed by atoms with E-state index in [0.29, 0.717) is 31.5 Å². The van der Waals surface area contributed by atoms with Crippen LogP contribution in [0.2, 0.25) is 10.0 Å². The molecule has 1 amide bonds. The molecule has 0 saturated carbocycles. The van der Waals surface area contributed by atoms with Crippen LogP contribution in [0, 0.1) is 0 Å². The van der Waals surface area contributed by atoms with Crippen molar-refractivity contribution in [2.24, 2.45) is 0 Å². The Kier molecular flexibility index (Phi) is 4.34. The van der Waals surface area contributed by atoms with E-state index in [0.717, 1.165) is 0 Å². The SMILES string of the molecule is Nc1ccc(Cl)cc1NC(=O)c1ccc(Cl)cc1Br. The first-order chi connectivity index (χ1) is 8.97. The van der Waals surface area contributed by atoms with E-state index in [4.69, 9.17) is 28.9 Å². The lowest BCUT2D eigenvalue weighted by Gasteiger charge is -2.09. The summed E-state index contributed by atoms with van der Waals surface area (Å²) in [6.45, 7) is 0. The molecule has 98 valence electrons. The van der Waals surface area contributed by atoms with Gasteiger partial charge in [0, 0.05) is 14.5 Å². The van der Waals surface area contributed by atoms with Gasteiger partial charge in [-0.3, -0.25) is 4.79 Å². The second-order valence-corrected chi connectivity index (χ2v) is 5.54. The molecular weight excluding hydrogens is 351 g/mol. The highest BCUT2D eigenvalue weighted by Gasteiger charge is 2.12. The summed E-state index contributed by atoms with van der Waals surface area (Å²) in [5, 5.41) is 3.75. The summed E-state index contributed by atoms with van der Waals surface area (Å²) in [7, 11) is 0. The zero-order chi connectivity index (χ0) is 14.0. The molecular formula is C13H9BrCl2N2O. The van der Waals surface area contributed by atoms with Gasteiger partial charge < -0.3 is 11.1 Å². The summed E-state index contributed by atoms with van der Waals surface area (Å²) < 4.78 is 0.609. The molecule has 0 radical (unpaired) electrons. The van der Waals surface area contributed by atoms with E-state index in [9.17, 15) is 4.79 Å². The number of nitrogens with two attached hydrogens (primary N) is 1. The molecule has 0 spiro atoms. The molecule has 0 aromatic heterocycles. The molecule has 6 heteroatoms. The molecule has 2 rings (SSSR count). The number of amides is 1. The minimum Gasteiger partial charge on any atom is -0.397 e. The number of nitrogen functional groups attached to an aromatic ring is 1. The minimum atomic E-state index is -0.294. The molecule has 19 heavy (non-hydrogen) atoms. The molecule has 0 unspecified atom stereocenters. The maximum absolute atomic E-state index is 12.1. The normalized spacial score (nSPS) is 10.3. The number of hydrogen-bond donors (Lipinski definition) is 2. The second kappa shape index (κ2) is 5.82. The van der Waals surface area contributed by atoms with Crippen LogP contribution in [0.3, 0.4) is 0 Å². The second-order valence-electron chi connectivity index (χ2n) is 3.81. The minimum absolute atomic E-state index is 0.294. The van der Waals surface area contributed by atoms with Gasteiger partial charge in [0.1, 0.15) is 0 Å². The van der Waals surface area contributed by atoms with Gasteiger partial charge in [0.25, 0.3) is 5.91 Å². The van der Waals surface area contributed by atoms with Crippen molar-refractivity contribution in [3.05, 3.63) is 56.5 Å². The Labute approximate surface area is 128 Å². The van der Waals surface area contributed by atoms with Crippen molar-refractivity contribution in [3.8, 4) is 0 Å². The summed E-state index contributed by atoms with van der Waals surface area (Å²) >= 11 is 15.0. The average molecular weight is 360 g/mol. The summed E-state index contributed by atoms with van der Waals surface area (Å²) in [5.41, 5.74) is 7.15. The first-order valence-corrected chi connectivity index (χ1v) is 6.83. The van der Waals surface area contributed by atoms with Crippen LogP contribution in [0.5, 0.6) is 0 Å². The van der Waals surface area contributed by atoms with Crippen LogP contribution in [0.1, 0.15) is 10.4 Å². The summed E-state index contributed by atoms with van der Waals surface area (Å²) in [5.74, 6) is -0.294. The Balaban J connectivity index is 2.28. The van der Waals surface area contributed by atoms with Crippen molar-refractivity contribution in [1.82, 2.24) is 0 Å². The van der Waals surface area contributed by atoms with Crippen LogP contribution in [0.15, 0.2) is 40.9 Å². The van der Waals surface area contributed by atoms with E-state index in [1.165, 1.54) is 0 Å². The van der Waals surface area contributed by atoms with Gasteiger partial charge in [-0.25, -0.2) is 0 Å². The van der Waals surface area contributed by atoms with E-state index in [1.807, 2.05) is 0 Å².